The molecule has 4 nitrogen and oxygen atoms in total. The summed E-state index contributed by atoms with van der Waals surface area (Å²) in [7, 11) is 0. The number of aryl methyl sites for hydroxylation is 1. The average molecular weight is 261 g/mol. The van der Waals surface area contributed by atoms with Crippen LogP contribution in [0.25, 0.3) is 0 Å². The topological polar surface area (TPSA) is 55.1 Å². The quantitative estimate of drug-likeness (QED) is 0.840. The van der Waals surface area contributed by atoms with Gasteiger partial charge in [0.1, 0.15) is 11.3 Å². The van der Waals surface area contributed by atoms with Crippen LogP contribution in [0.3, 0.4) is 0 Å². The molecule has 1 amide bonds. The first-order valence-corrected chi connectivity index (χ1v) is 5.52. The van der Waals surface area contributed by atoms with Crippen LogP contribution in [-0.4, -0.2) is 22.9 Å². The molecule has 0 aliphatic rings. The fourth-order valence-electron chi connectivity index (χ4n) is 0.933. The van der Waals surface area contributed by atoms with Crippen LogP contribution < -0.4 is 5.32 Å². The second kappa shape index (κ2) is 5.14. The number of amides is 1. The lowest BCUT2D eigenvalue weighted by Gasteiger charge is -2.08. The number of halogens is 1. The highest BCUT2D eigenvalue weighted by molar-refractivity contribution is 9.09. The zero-order valence-corrected chi connectivity index (χ0v) is 9.80. The van der Waals surface area contributed by atoms with Crippen LogP contribution in [0, 0.1) is 12.8 Å². The number of nitrogens with one attached hydrogen (secondary N) is 1. The fraction of sp³-hybridized carbons (Fsp3) is 0.556. The minimum atomic E-state index is -0.128. The maximum absolute atomic E-state index is 11.5. The number of aromatic nitrogens is 1. The summed E-state index contributed by atoms with van der Waals surface area (Å²) in [5, 5.41) is 7.22. The molecule has 0 saturated carbocycles. The van der Waals surface area contributed by atoms with Gasteiger partial charge >= 0.3 is 0 Å². The molecule has 78 valence electrons. The molecule has 0 saturated heterocycles. The minimum Gasteiger partial charge on any atom is -0.361 e. The van der Waals surface area contributed by atoms with Crippen molar-refractivity contribution in [3.63, 3.8) is 0 Å². The Labute approximate surface area is 91.2 Å². The van der Waals surface area contributed by atoms with Crippen LogP contribution >= 0.6 is 15.9 Å². The first-order chi connectivity index (χ1) is 6.65. The summed E-state index contributed by atoms with van der Waals surface area (Å²) in [6.45, 7) is 4.42. The molecule has 5 heteroatoms. The number of carbonyl (C=O) groups excluding carboxylic acids is 1. The molecule has 1 unspecified atom stereocenters. The van der Waals surface area contributed by atoms with Gasteiger partial charge in [0.2, 0.25) is 0 Å². The summed E-state index contributed by atoms with van der Waals surface area (Å²) >= 11 is 3.35. The Bertz CT molecular complexity index is 312. The second-order valence-corrected chi connectivity index (χ2v) is 3.91. The van der Waals surface area contributed by atoms with E-state index in [0.29, 0.717) is 23.8 Å². The minimum absolute atomic E-state index is 0.128. The highest BCUT2D eigenvalue weighted by atomic mass is 79.9. The molecule has 0 fully saturated rings. The molecule has 1 N–H and O–H groups in total. The molecule has 1 rings (SSSR count). The van der Waals surface area contributed by atoms with Crippen molar-refractivity contribution in [3.8, 4) is 0 Å². The normalized spacial score (nSPS) is 12.5. The van der Waals surface area contributed by atoms with E-state index in [2.05, 4.69) is 33.3 Å². The van der Waals surface area contributed by atoms with E-state index in [0.717, 1.165) is 5.33 Å². The summed E-state index contributed by atoms with van der Waals surface area (Å²) in [5.74, 6) is 0.838. The predicted molar refractivity (Wildman–Crippen MR) is 56.5 cm³/mol. The van der Waals surface area contributed by atoms with E-state index in [1.807, 2.05) is 0 Å². The lowest BCUT2D eigenvalue weighted by Crippen LogP contribution is -2.28. The van der Waals surface area contributed by atoms with Crippen molar-refractivity contribution >= 4 is 21.8 Å². The molecule has 0 spiro atoms. The van der Waals surface area contributed by atoms with Crippen LogP contribution in [0.2, 0.25) is 0 Å². The number of hydrogen-bond donors (Lipinski definition) is 1. The molecule has 0 bridgehead atoms. The molecule has 1 atom stereocenters. The maximum Gasteiger partial charge on any atom is 0.256 e. The predicted octanol–water partition coefficient (Wildman–Crippen LogP) is 1.74. The summed E-state index contributed by atoms with van der Waals surface area (Å²) in [5.41, 5.74) is 0.506. The summed E-state index contributed by atoms with van der Waals surface area (Å²) in [4.78, 5) is 11.5. The van der Waals surface area contributed by atoms with E-state index in [1.54, 1.807) is 6.92 Å². The van der Waals surface area contributed by atoms with Gasteiger partial charge in [-0.25, -0.2) is 0 Å². The Hall–Kier alpha value is -0.840. The molecule has 0 aliphatic heterocycles. The first-order valence-electron chi connectivity index (χ1n) is 4.40. The van der Waals surface area contributed by atoms with E-state index < -0.39 is 0 Å². The lowest BCUT2D eigenvalue weighted by molar-refractivity contribution is 0.0948. The first kappa shape index (κ1) is 11.2. The fourth-order valence-corrected chi connectivity index (χ4v) is 1.16. The molecule has 0 radical (unpaired) electrons. The zero-order chi connectivity index (χ0) is 10.6. The number of rotatable bonds is 4. The van der Waals surface area contributed by atoms with Crippen LogP contribution in [0.1, 0.15) is 23.0 Å². The monoisotopic (exact) mass is 260 g/mol. The molecule has 1 aromatic rings. The largest absolute Gasteiger partial charge is 0.361 e. The average Bonchev–Trinajstić information content (AvgIpc) is 2.60. The van der Waals surface area contributed by atoms with Gasteiger partial charge in [0.15, 0.2) is 0 Å². The summed E-state index contributed by atoms with van der Waals surface area (Å²) < 4.78 is 4.80. The van der Waals surface area contributed by atoms with Gasteiger partial charge in [-0.3, -0.25) is 4.79 Å². The number of alkyl halides is 1. The van der Waals surface area contributed by atoms with Crippen molar-refractivity contribution < 1.29 is 9.32 Å². The van der Waals surface area contributed by atoms with E-state index >= 15 is 0 Å². The molecule has 14 heavy (non-hydrogen) atoms. The third-order valence-corrected chi connectivity index (χ3v) is 2.98. The molecule has 1 heterocycles. The van der Waals surface area contributed by atoms with E-state index in [4.69, 9.17) is 4.52 Å². The van der Waals surface area contributed by atoms with Crippen molar-refractivity contribution in [2.75, 3.05) is 11.9 Å². The molecule has 0 aromatic carbocycles. The third kappa shape index (κ3) is 2.83. The Balaban J connectivity index is 2.47. The number of hydrogen-bond acceptors (Lipinski definition) is 3. The smallest absolute Gasteiger partial charge is 0.256 e. The van der Waals surface area contributed by atoms with Gasteiger partial charge < -0.3 is 9.84 Å². The van der Waals surface area contributed by atoms with Gasteiger partial charge in [-0.15, -0.1) is 0 Å². The zero-order valence-electron chi connectivity index (χ0n) is 8.21. The molecular weight excluding hydrogens is 248 g/mol. The molecule has 0 aliphatic carbocycles. The van der Waals surface area contributed by atoms with Gasteiger partial charge in [-0.05, 0) is 12.8 Å². The Kier molecular flexibility index (Phi) is 4.13. The third-order valence-electron chi connectivity index (χ3n) is 1.87. The number of nitrogens with zero attached hydrogens (tertiary/aromatic N) is 1. The van der Waals surface area contributed by atoms with Crippen LogP contribution in [0.15, 0.2) is 10.7 Å². The van der Waals surface area contributed by atoms with E-state index in [9.17, 15) is 4.79 Å². The van der Waals surface area contributed by atoms with Gasteiger partial charge in [0.25, 0.3) is 5.91 Å². The molecular formula is C9H13BrN2O2. The van der Waals surface area contributed by atoms with Crippen molar-refractivity contribution in [2.24, 2.45) is 5.92 Å². The van der Waals surface area contributed by atoms with E-state index in [1.165, 1.54) is 6.20 Å². The highest BCUT2D eigenvalue weighted by Gasteiger charge is 2.12. The van der Waals surface area contributed by atoms with Crippen molar-refractivity contribution in [1.29, 1.82) is 0 Å². The highest BCUT2D eigenvalue weighted by Crippen LogP contribution is 2.05. The van der Waals surface area contributed by atoms with Crippen LogP contribution in [0.4, 0.5) is 0 Å². The Morgan fingerprint density at radius 3 is 3.00 bits per heavy atom. The standard InChI is InChI=1S/C9H13BrN2O2/c1-6(3-10)4-11-9(13)8-5-12-14-7(8)2/h5-6H,3-4H2,1-2H3,(H,11,13). The maximum atomic E-state index is 11.5. The molecule has 1 aromatic heterocycles. The Morgan fingerprint density at radius 1 is 1.79 bits per heavy atom. The van der Waals surface area contributed by atoms with Crippen molar-refractivity contribution in [2.45, 2.75) is 13.8 Å². The van der Waals surface area contributed by atoms with Gasteiger partial charge in [0.05, 0.1) is 6.20 Å². The number of carbonyl (C=O) groups is 1. The van der Waals surface area contributed by atoms with Gasteiger partial charge in [-0.1, -0.05) is 28.0 Å². The Morgan fingerprint density at radius 2 is 2.50 bits per heavy atom. The van der Waals surface area contributed by atoms with Gasteiger partial charge in [0, 0.05) is 11.9 Å². The van der Waals surface area contributed by atoms with Crippen molar-refractivity contribution in [1.82, 2.24) is 10.5 Å². The van der Waals surface area contributed by atoms with Gasteiger partial charge in [-0.2, -0.15) is 0 Å². The van der Waals surface area contributed by atoms with E-state index in [-0.39, 0.29) is 5.91 Å². The lowest BCUT2D eigenvalue weighted by atomic mass is 10.2. The second-order valence-electron chi connectivity index (χ2n) is 3.27. The SMILES string of the molecule is Cc1oncc1C(=O)NCC(C)CBr. The van der Waals surface area contributed by atoms with Crippen molar-refractivity contribution in [3.05, 3.63) is 17.5 Å². The van der Waals surface area contributed by atoms with Crippen LogP contribution in [-0.2, 0) is 0 Å². The summed E-state index contributed by atoms with van der Waals surface area (Å²) in [6.07, 6.45) is 1.43. The van der Waals surface area contributed by atoms with Crippen LogP contribution in [0.5, 0.6) is 0 Å². The summed E-state index contributed by atoms with van der Waals surface area (Å²) in [6, 6.07) is 0.